The van der Waals surface area contributed by atoms with Crippen LogP contribution < -0.4 is 4.74 Å². The van der Waals surface area contributed by atoms with Crippen LogP contribution in [0.4, 0.5) is 0 Å². The largest absolute Gasteiger partial charge is 0.439 e. The fourth-order valence-corrected chi connectivity index (χ4v) is 4.47. The maximum atomic E-state index is 6.49. The average molecular weight is 365 g/mol. The lowest BCUT2D eigenvalue weighted by Crippen LogP contribution is -2.50. The molecule has 1 aromatic rings. The van der Waals surface area contributed by atoms with Crippen molar-refractivity contribution >= 4 is 11.7 Å². The molecule has 6 nitrogen and oxygen atoms in total. The molecular formula is C21H27N5O. The van der Waals surface area contributed by atoms with Gasteiger partial charge >= 0.3 is 0 Å². The lowest BCUT2D eigenvalue weighted by molar-refractivity contribution is 0.235. The zero-order valence-electron chi connectivity index (χ0n) is 16.8. The number of aliphatic imine (C=N–C) groups is 1. The summed E-state index contributed by atoms with van der Waals surface area (Å²) in [4.78, 5) is 9.72. The van der Waals surface area contributed by atoms with Crippen molar-refractivity contribution in [1.82, 2.24) is 14.8 Å². The summed E-state index contributed by atoms with van der Waals surface area (Å²) in [6.07, 6.45) is 3.51. The van der Waals surface area contributed by atoms with Crippen molar-refractivity contribution in [2.24, 2.45) is 10.1 Å². The minimum atomic E-state index is -0.104. The molecule has 1 aliphatic carbocycles. The van der Waals surface area contributed by atoms with Gasteiger partial charge in [0.15, 0.2) is 6.17 Å². The third-order valence-corrected chi connectivity index (χ3v) is 5.79. The molecule has 0 radical (unpaired) electrons. The molecule has 0 saturated heterocycles. The summed E-state index contributed by atoms with van der Waals surface area (Å²) in [6.45, 7) is 7.49. The van der Waals surface area contributed by atoms with Crippen molar-refractivity contribution in [3.05, 3.63) is 40.3 Å². The predicted molar refractivity (Wildman–Crippen MR) is 107 cm³/mol. The number of ether oxygens (including phenoxy) is 1. The van der Waals surface area contributed by atoms with Crippen LogP contribution in [0.2, 0.25) is 0 Å². The summed E-state index contributed by atoms with van der Waals surface area (Å²) in [5, 5.41) is 6.86. The smallest absolute Gasteiger partial charge is 0.212 e. The first kappa shape index (κ1) is 16.7. The Hall–Kier alpha value is -2.50. The number of rotatable bonds is 3. The fourth-order valence-electron chi connectivity index (χ4n) is 4.47. The van der Waals surface area contributed by atoms with Gasteiger partial charge in [-0.2, -0.15) is 5.10 Å². The van der Waals surface area contributed by atoms with Crippen molar-refractivity contribution in [3.8, 4) is 5.75 Å². The molecule has 3 heterocycles. The number of benzene rings is 1. The predicted octanol–water partition coefficient (Wildman–Crippen LogP) is 3.06. The second kappa shape index (κ2) is 5.75. The first-order valence-corrected chi connectivity index (χ1v) is 9.93. The van der Waals surface area contributed by atoms with Crippen LogP contribution in [0.3, 0.4) is 0 Å². The van der Waals surface area contributed by atoms with Crippen LogP contribution >= 0.6 is 0 Å². The standard InChI is InChI=1S/C21H27N5O/c1-6-9-26(14-7-8-14)21-22-19-17-18(23-25(19)5)16-13(3)10-12(2)11-15(16)27-20(17)24(21)4/h10-11,14,19H,6-9H2,1-5H3. The summed E-state index contributed by atoms with van der Waals surface area (Å²) in [5.41, 5.74) is 5.62. The van der Waals surface area contributed by atoms with Crippen LogP contribution in [0, 0.1) is 13.8 Å². The van der Waals surface area contributed by atoms with Gasteiger partial charge in [-0.15, -0.1) is 0 Å². The Labute approximate surface area is 160 Å². The van der Waals surface area contributed by atoms with Gasteiger partial charge in [0.25, 0.3) is 0 Å². The van der Waals surface area contributed by atoms with Gasteiger partial charge in [-0.3, -0.25) is 9.91 Å². The zero-order valence-corrected chi connectivity index (χ0v) is 16.8. The van der Waals surface area contributed by atoms with Crippen molar-refractivity contribution in [3.63, 3.8) is 0 Å². The Morgan fingerprint density at radius 2 is 2.00 bits per heavy atom. The SMILES string of the molecule is CCCN(C1=NC2C3=C(Oc4cc(C)cc(C)c4C3=NN2C)N1C)C1CC1. The molecule has 4 aliphatic rings. The summed E-state index contributed by atoms with van der Waals surface area (Å²) >= 11 is 0. The van der Waals surface area contributed by atoms with E-state index in [1.54, 1.807) is 0 Å². The van der Waals surface area contributed by atoms with Crippen molar-refractivity contribution < 1.29 is 4.74 Å². The van der Waals surface area contributed by atoms with Crippen LogP contribution in [0.5, 0.6) is 5.75 Å². The van der Waals surface area contributed by atoms with Crippen LogP contribution in [0.15, 0.2) is 33.7 Å². The van der Waals surface area contributed by atoms with Gasteiger partial charge in [-0.25, -0.2) is 4.99 Å². The number of guanidine groups is 1. The normalized spacial score (nSPS) is 22.9. The highest BCUT2D eigenvalue weighted by atomic mass is 16.5. The number of aryl methyl sites for hydroxylation is 2. The summed E-state index contributed by atoms with van der Waals surface area (Å²) in [7, 11) is 4.09. The van der Waals surface area contributed by atoms with E-state index >= 15 is 0 Å². The van der Waals surface area contributed by atoms with Crippen LogP contribution in [0.25, 0.3) is 0 Å². The quantitative estimate of drug-likeness (QED) is 0.826. The summed E-state index contributed by atoms with van der Waals surface area (Å²) < 4.78 is 6.49. The molecule has 1 unspecified atom stereocenters. The highest BCUT2D eigenvalue weighted by molar-refractivity contribution is 6.18. The topological polar surface area (TPSA) is 43.7 Å². The Morgan fingerprint density at radius 1 is 1.22 bits per heavy atom. The number of hydrogen-bond acceptors (Lipinski definition) is 6. The Morgan fingerprint density at radius 3 is 2.70 bits per heavy atom. The summed E-state index contributed by atoms with van der Waals surface area (Å²) in [6, 6.07) is 4.92. The molecule has 6 heteroatoms. The fraction of sp³-hybridized carbons (Fsp3) is 0.524. The molecule has 1 atom stereocenters. The summed E-state index contributed by atoms with van der Waals surface area (Å²) in [5.74, 6) is 2.80. The van der Waals surface area contributed by atoms with Crippen molar-refractivity contribution in [2.45, 2.75) is 52.2 Å². The minimum absolute atomic E-state index is 0.104. The highest BCUT2D eigenvalue weighted by Gasteiger charge is 2.46. The molecule has 27 heavy (non-hydrogen) atoms. The maximum absolute atomic E-state index is 6.49. The first-order chi connectivity index (χ1) is 13.0. The third kappa shape index (κ3) is 2.38. The maximum Gasteiger partial charge on any atom is 0.212 e. The monoisotopic (exact) mass is 365 g/mol. The van der Waals surface area contributed by atoms with E-state index in [0.717, 1.165) is 47.4 Å². The van der Waals surface area contributed by atoms with Crippen LogP contribution in [0.1, 0.15) is 42.9 Å². The number of fused-ring (bicyclic) bond motifs is 2. The molecule has 0 amide bonds. The average Bonchev–Trinajstić information content (AvgIpc) is 3.40. The number of hydrogen-bond donors (Lipinski definition) is 0. The number of nitrogens with zero attached hydrogens (tertiary/aromatic N) is 5. The Bertz CT molecular complexity index is 911. The lowest BCUT2D eigenvalue weighted by atomic mass is 9.92. The van der Waals surface area contributed by atoms with Crippen molar-refractivity contribution in [2.75, 3.05) is 20.6 Å². The van der Waals surface area contributed by atoms with E-state index in [1.807, 2.05) is 12.1 Å². The minimum Gasteiger partial charge on any atom is -0.439 e. The van der Waals surface area contributed by atoms with E-state index in [2.05, 4.69) is 49.8 Å². The molecular weight excluding hydrogens is 338 g/mol. The molecule has 1 aromatic carbocycles. The molecule has 1 saturated carbocycles. The number of hydrazone groups is 1. The molecule has 0 bridgehead atoms. The van der Waals surface area contributed by atoms with E-state index in [4.69, 9.17) is 14.8 Å². The lowest BCUT2D eigenvalue weighted by Gasteiger charge is -2.39. The van der Waals surface area contributed by atoms with Gasteiger partial charge < -0.3 is 9.64 Å². The van der Waals surface area contributed by atoms with Gasteiger partial charge in [0.1, 0.15) is 11.5 Å². The van der Waals surface area contributed by atoms with E-state index in [0.29, 0.717) is 6.04 Å². The second-order valence-electron chi connectivity index (χ2n) is 8.08. The van der Waals surface area contributed by atoms with E-state index in [9.17, 15) is 0 Å². The van der Waals surface area contributed by atoms with E-state index < -0.39 is 0 Å². The van der Waals surface area contributed by atoms with Crippen LogP contribution in [-0.4, -0.2) is 59.3 Å². The molecule has 1 fully saturated rings. The molecule has 0 spiro atoms. The van der Waals surface area contributed by atoms with Gasteiger partial charge in [0, 0.05) is 32.2 Å². The van der Waals surface area contributed by atoms with Gasteiger partial charge in [0.05, 0.1) is 5.57 Å². The van der Waals surface area contributed by atoms with Crippen molar-refractivity contribution in [1.29, 1.82) is 0 Å². The van der Waals surface area contributed by atoms with E-state index in [1.165, 1.54) is 24.0 Å². The Balaban J connectivity index is 1.61. The first-order valence-electron chi connectivity index (χ1n) is 9.93. The molecule has 5 rings (SSSR count). The van der Waals surface area contributed by atoms with Gasteiger partial charge in [0.2, 0.25) is 11.8 Å². The van der Waals surface area contributed by atoms with Gasteiger partial charge in [-0.05, 0) is 50.3 Å². The molecule has 0 aromatic heterocycles. The van der Waals surface area contributed by atoms with E-state index in [-0.39, 0.29) is 6.17 Å². The Kier molecular flexibility index (Phi) is 3.55. The van der Waals surface area contributed by atoms with Gasteiger partial charge in [-0.1, -0.05) is 13.0 Å². The zero-order chi connectivity index (χ0) is 18.9. The highest BCUT2D eigenvalue weighted by Crippen LogP contribution is 2.42. The second-order valence-corrected chi connectivity index (χ2v) is 8.08. The molecule has 142 valence electrons. The third-order valence-electron chi connectivity index (χ3n) is 5.79. The van der Waals surface area contributed by atoms with Crippen LogP contribution in [-0.2, 0) is 0 Å². The molecule has 3 aliphatic heterocycles. The molecule has 0 N–H and O–H groups in total. The number of likely N-dealkylation sites (N-methyl/N-ethyl adjacent to an activating group) is 1.